The molecule has 0 aliphatic carbocycles. The first-order chi connectivity index (χ1) is 7.97. The Bertz CT molecular complexity index is 254. The molecule has 0 aromatic rings. The minimum absolute atomic E-state index is 0.491. The highest BCUT2D eigenvalue weighted by Gasteiger charge is 2.04. The van der Waals surface area contributed by atoms with Crippen LogP contribution in [0.3, 0.4) is 0 Å². The maximum atomic E-state index is 12.8. The van der Waals surface area contributed by atoms with E-state index in [1.807, 2.05) is 6.92 Å². The highest BCUT2D eigenvalue weighted by atomic mass is 19.1. The van der Waals surface area contributed by atoms with Crippen LogP contribution in [0.15, 0.2) is 23.3 Å². The van der Waals surface area contributed by atoms with Gasteiger partial charge in [-0.25, -0.2) is 4.39 Å². The highest BCUT2D eigenvalue weighted by molar-refractivity contribution is 5.22. The normalized spacial score (nSPS) is 17.1. The Balaban J connectivity index is 4.10. The van der Waals surface area contributed by atoms with Gasteiger partial charge in [0.05, 0.1) is 0 Å². The topological polar surface area (TPSA) is 9.23 Å². The van der Waals surface area contributed by atoms with Gasteiger partial charge in [0.25, 0.3) is 0 Å². The van der Waals surface area contributed by atoms with Gasteiger partial charge in [-0.2, -0.15) is 0 Å². The number of hydrogen-bond donors (Lipinski definition) is 0. The number of alkyl halides is 1. The molecule has 0 radical (unpaired) electrons. The van der Waals surface area contributed by atoms with Crippen molar-refractivity contribution in [2.24, 2.45) is 5.92 Å². The Morgan fingerprint density at radius 3 is 2.41 bits per heavy atom. The monoisotopic (exact) mass is 242 g/mol. The standard InChI is InChI=1S/C15H27FO/c1-6-8-17-9-7-13(3)14(4)10-12(2)11-15(5)16/h10-11,13,15H,6-9H2,1-5H3/b12-11-,14-10+. The first-order valence-corrected chi connectivity index (χ1v) is 6.55. The summed E-state index contributed by atoms with van der Waals surface area (Å²) in [6.45, 7) is 11.5. The smallest absolute Gasteiger partial charge is 0.116 e. The van der Waals surface area contributed by atoms with Crippen LogP contribution in [0.5, 0.6) is 0 Å². The Morgan fingerprint density at radius 1 is 1.24 bits per heavy atom. The minimum Gasteiger partial charge on any atom is -0.381 e. The van der Waals surface area contributed by atoms with Gasteiger partial charge in [-0.05, 0) is 45.6 Å². The van der Waals surface area contributed by atoms with Crippen LogP contribution in [-0.2, 0) is 4.74 Å². The van der Waals surface area contributed by atoms with Crippen molar-refractivity contribution in [3.63, 3.8) is 0 Å². The lowest BCUT2D eigenvalue weighted by molar-refractivity contribution is 0.125. The average Bonchev–Trinajstić information content (AvgIpc) is 2.22. The zero-order valence-electron chi connectivity index (χ0n) is 11.9. The molecule has 0 heterocycles. The molecule has 2 atom stereocenters. The van der Waals surface area contributed by atoms with Crippen LogP contribution in [0, 0.1) is 5.92 Å². The summed E-state index contributed by atoms with van der Waals surface area (Å²) in [4.78, 5) is 0. The molecule has 0 rings (SSSR count). The second-order valence-corrected chi connectivity index (χ2v) is 4.78. The molecule has 2 heteroatoms. The molecule has 0 saturated heterocycles. The molecule has 0 bridgehead atoms. The fourth-order valence-corrected chi connectivity index (χ4v) is 1.65. The van der Waals surface area contributed by atoms with Gasteiger partial charge < -0.3 is 4.74 Å². The summed E-state index contributed by atoms with van der Waals surface area (Å²) in [7, 11) is 0. The zero-order valence-corrected chi connectivity index (χ0v) is 11.9. The summed E-state index contributed by atoms with van der Waals surface area (Å²) < 4.78 is 18.2. The number of rotatable bonds is 8. The van der Waals surface area contributed by atoms with Crippen LogP contribution in [0.2, 0.25) is 0 Å². The van der Waals surface area contributed by atoms with Crippen molar-refractivity contribution in [3.8, 4) is 0 Å². The Morgan fingerprint density at radius 2 is 1.88 bits per heavy atom. The largest absolute Gasteiger partial charge is 0.381 e. The van der Waals surface area contributed by atoms with Crippen molar-refractivity contribution in [2.45, 2.75) is 53.6 Å². The molecule has 0 amide bonds. The van der Waals surface area contributed by atoms with Gasteiger partial charge in [-0.15, -0.1) is 0 Å². The van der Waals surface area contributed by atoms with Crippen LogP contribution in [0.1, 0.15) is 47.5 Å². The van der Waals surface area contributed by atoms with Crippen LogP contribution < -0.4 is 0 Å². The van der Waals surface area contributed by atoms with E-state index >= 15 is 0 Å². The lowest BCUT2D eigenvalue weighted by Crippen LogP contribution is -2.04. The molecular formula is C15H27FO. The Labute approximate surface area is 106 Å². The lowest BCUT2D eigenvalue weighted by Gasteiger charge is -2.12. The predicted molar refractivity (Wildman–Crippen MR) is 73.0 cm³/mol. The molecule has 0 spiro atoms. The molecular weight excluding hydrogens is 215 g/mol. The van der Waals surface area contributed by atoms with E-state index in [0.717, 1.165) is 31.6 Å². The third-order valence-corrected chi connectivity index (χ3v) is 2.77. The summed E-state index contributed by atoms with van der Waals surface area (Å²) in [5.74, 6) is 0.491. The second kappa shape index (κ2) is 9.41. The molecule has 0 N–H and O–H groups in total. The van der Waals surface area contributed by atoms with Crippen molar-refractivity contribution in [2.75, 3.05) is 13.2 Å². The van der Waals surface area contributed by atoms with Gasteiger partial charge in [0.15, 0.2) is 0 Å². The molecule has 17 heavy (non-hydrogen) atoms. The molecule has 0 aromatic carbocycles. The van der Waals surface area contributed by atoms with Gasteiger partial charge in [0, 0.05) is 13.2 Å². The molecule has 0 fully saturated rings. The highest BCUT2D eigenvalue weighted by Crippen LogP contribution is 2.16. The first kappa shape index (κ1) is 16.4. The minimum atomic E-state index is -0.873. The van der Waals surface area contributed by atoms with E-state index in [-0.39, 0.29) is 0 Å². The number of allylic oxidation sites excluding steroid dienone is 4. The van der Waals surface area contributed by atoms with E-state index < -0.39 is 6.17 Å². The van der Waals surface area contributed by atoms with E-state index in [4.69, 9.17) is 4.74 Å². The van der Waals surface area contributed by atoms with Crippen molar-refractivity contribution in [1.82, 2.24) is 0 Å². The summed E-state index contributed by atoms with van der Waals surface area (Å²) in [5, 5.41) is 0. The number of halogens is 1. The molecule has 2 unspecified atom stereocenters. The third-order valence-electron chi connectivity index (χ3n) is 2.77. The van der Waals surface area contributed by atoms with E-state index in [9.17, 15) is 4.39 Å². The van der Waals surface area contributed by atoms with Crippen LogP contribution in [0.25, 0.3) is 0 Å². The van der Waals surface area contributed by atoms with E-state index in [0.29, 0.717) is 5.92 Å². The first-order valence-electron chi connectivity index (χ1n) is 6.55. The number of hydrogen-bond acceptors (Lipinski definition) is 1. The van der Waals surface area contributed by atoms with Gasteiger partial charge in [-0.3, -0.25) is 0 Å². The average molecular weight is 242 g/mol. The van der Waals surface area contributed by atoms with Crippen molar-refractivity contribution >= 4 is 0 Å². The molecule has 0 aliphatic heterocycles. The third kappa shape index (κ3) is 9.11. The maximum Gasteiger partial charge on any atom is 0.116 e. The SMILES string of the molecule is CCCOCCC(C)/C(C)=C/C(C)=C\C(C)F. The van der Waals surface area contributed by atoms with Gasteiger partial charge in [0.1, 0.15) is 6.17 Å². The van der Waals surface area contributed by atoms with E-state index in [1.165, 1.54) is 5.57 Å². The van der Waals surface area contributed by atoms with Gasteiger partial charge in [0.2, 0.25) is 0 Å². The Kier molecular flexibility index (Phi) is 9.06. The van der Waals surface area contributed by atoms with Crippen molar-refractivity contribution < 1.29 is 9.13 Å². The van der Waals surface area contributed by atoms with Crippen LogP contribution in [0.4, 0.5) is 4.39 Å². The summed E-state index contributed by atoms with van der Waals surface area (Å²) >= 11 is 0. The predicted octanol–water partition coefficient (Wildman–Crippen LogP) is 4.69. The molecule has 100 valence electrons. The zero-order chi connectivity index (χ0) is 13.3. The molecule has 1 nitrogen and oxygen atoms in total. The molecule has 0 aliphatic rings. The maximum absolute atomic E-state index is 12.8. The van der Waals surface area contributed by atoms with Gasteiger partial charge in [-0.1, -0.05) is 31.1 Å². The molecule has 0 aromatic heterocycles. The van der Waals surface area contributed by atoms with Crippen molar-refractivity contribution in [3.05, 3.63) is 23.3 Å². The summed E-state index contributed by atoms with van der Waals surface area (Å²) in [6.07, 6.45) is 4.94. The Hall–Kier alpha value is -0.630. The molecule has 0 saturated carbocycles. The number of ether oxygens (including phenoxy) is 1. The fraction of sp³-hybridized carbons (Fsp3) is 0.733. The quantitative estimate of drug-likeness (QED) is 0.443. The van der Waals surface area contributed by atoms with E-state index in [1.54, 1.807) is 13.0 Å². The van der Waals surface area contributed by atoms with E-state index in [2.05, 4.69) is 26.8 Å². The van der Waals surface area contributed by atoms with Crippen LogP contribution in [-0.4, -0.2) is 19.4 Å². The van der Waals surface area contributed by atoms with Crippen LogP contribution >= 0.6 is 0 Å². The second-order valence-electron chi connectivity index (χ2n) is 4.78. The summed E-state index contributed by atoms with van der Waals surface area (Å²) in [6, 6.07) is 0. The van der Waals surface area contributed by atoms with Crippen molar-refractivity contribution in [1.29, 1.82) is 0 Å². The lowest BCUT2D eigenvalue weighted by atomic mass is 9.97. The summed E-state index contributed by atoms with van der Waals surface area (Å²) in [5.41, 5.74) is 2.29. The fourth-order valence-electron chi connectivity index (χ4n) is 1.65. The van der Waals surface area contributed by atoms with Gasteiger partial charge >= 0.3 is 0 Å².